The lowest BCUT2D eigenvalue weighted by Crippen LogP contribution is -2.47. The van der Waals surface area contributed by atoms with Crippen LogP contribution in [0.25, 0.3) is 11.1 Å². The van der Waals surface area contributed by atoms with Crippen LogP contribution in [0, 0.1) is 0 Å². The lowest BCUT2D eigenvalue weighted by molar-refractivity contribution is -0.889. The second kappa shape index (κ2) is 14.6. The molecule has 5 rings (SSSR count). The Labute approximate surface area is 261 Å². The minimum Gasteiger partial charge on any atom is -0.446 e. The third-order valence-electron chi connectivity index (χ3n) is 8.85. The van der Waals surface area contributed by atoms with Gasteiger partial charge in [-0.1, -0.05) is 67.1 Å². The Kier molecular flexibility index (Phi) is 10.5. The van der Waals surface area contributed by atoms with Gasteiger partial charge < -0.3 is 14.1 Å². The fourth-order valence-corrected chi connectivity index (χ4v) is 6.16. The van der Waals surface area contributed by atoms with Crippen LogP contribution in [0.1, 0.15) is 59.2 Å². The van der Waals surface area contributed by atoms with Crippen molar-refractivity contribution < 1.29 is 23.6 Å². The lowest BCUT2D eigenvalue weighted by atomic mass is 10.0. The minimum absolute atomic E-state index is 0.0598. The van der Waals surface area contributed by atoms with E-state index in [1.54, 1.807) is 24.3 Å². The van der Waals surface area contributed by atoms with Crippen LogP contribution in [-0.2, 0) is 4.74 Å². The molecule has 0 unspecified atom stereocenters. The van der Waals surface area contributed by atoms with E-state index in [4.69, 9.17) is 4.74 Å². The summed E-state index contributed by atoms with van der Waals surface area (Å²) in [5, 5.41) is 2.95. The Balaban J connectivity index is 0.936. The van der Waals surface area contributed by atoms with Gasteiger partial charge in [0.25, 0.3) is 11.8 Å². The number of para-hydroxylation sites is 1. The highest BCUT2D eigenvalue weighted by atomic mass is 16.6. The van der Waals surface area contributed by atoms with Gasteiger partial charge >= 0.3 is 6.09 Å². The molecule has 0 aliphatic carbocycles. The summed E-state index contributed by atoms with van der Waals surface area (Å²) in [7, 11) is 4.35. The Morgan fingerprint density at radius 2 is 1.34 bits per heavy atom. The fraction of sp³-hybridized carbons (Fsp3) is 0.417. The van der Waals surface area contributed by atoms with Crippen LogP contribution in [0.2, 0.25) is 0 Å². The molecule has 2 aliphatic rings. The van der Waals surface area contributed by atoms with Gasteiger partial charge in [0.05, 0.1) is 50.5 Å². The summed E-state index contributed by atoms with van der Waals surface area (Å²) in [6.45, 7) is 5.17. The molecule has 0 aromatic heterocycles. The number of nitrogens with one attached hydrogen (secondary N) is 1. The van der Waals surface area contributed by atoms with Gasteiger partial charge in [-0.2, -0.15) is 0 Å². The zero-order valence-corrected chi connectivity index (χ0v) is 26.0. The number of amides is 3. The van der Waals surface area contributed by atoms with Crippen molar-refractivity contribution in [3.05, 3.63) is 90.0 Å². The van der Waals surface area contributed by atoms with E-state index in [0.29, 0.717) is 17.7 Å². The molecule has 3 aromatic carbocycles. The number of likely N-dealkylation sites (N-methyl/N-ethyl adjacent to an activating group) is 1. The smallest absolute Gasteiger partial charge is 0.411 e. The molecule has 2 heterocycles. The summed E-state index contributed by atoms with van der Waals surface area (Å²) in [4.78, 5) is 41.9. The van der Waals surface area contributed by atoms with E-state index in [1.807, 2.05) is 54.6 Å². The van der Waals surface area contributed by atoms with Crippen molar-refractivity contribution in [2.24, 2.45) is 0 Å². The summed E-state index contributed by atoms with van der Waals surface area (Å²) in [6, 6.07) is 24.9. The number of quaternary nitrogens is 1. The third kappa shape index (κ3) is 8.12. The Bertz CT molecular complexity index is 1400. The Hall–Kier alpha value is -4.01. The summed E-state index contributed by atoms with van der Waals surface area (Å²) in [5.41, 5.74) is 3.82. The van der Waals surface area contributed by atoms with Gasteiger partial charge in [0.2, 0.25) is 0 Å². The maximum Gasteiger partial charge on any atom is 0.411 e. The van der Waals surface area contributed by atoms with Crippen LogP contribution in [0.5, 0.6) is 0 Å². The highest BCUT2D eigenvalue weighted by molar-refractivity contribution is 6.21. The maximum atomic E-state index is 12.7. The molecule has 0 saturated carbocycles. The second-order valence-electron chi connectivity index (χ2n) is 12.6. The fourth-order valence-electron chi connectivity index (χ4n) is 6.16. The van der Waals surface area contributed by atoms with Gasteiger partial charge in [-0.25, -0.2) is 4.79 Å². The van der Waals surface area contributed by atoms with Crippen molar-refractivity contribution in [2.75, 3.05) is 58.7 Å². The monoisotopic (exact) mass is 597 g/mol. The number of piperidine rings is 1. The van der Waals surface area contributed by atoms with Gasteiger partial charge in [-0.05, 0) is 62.4 Å². The number of unbranched alkanes of at least 4 members (excludes halogenated alkanes) is 3. The van der Waals surface area contributed by atoms with Crippen molar-refractivity contribution in [3.8, 4) is 11.1 Å². The predicted molar refractivity (Wildman–Crippen MR) is 174 cm³/mol. The summed E-state index contributed by atoms with van der Waals surface area (Å²) >= 11 is 0. The van der Waals surface area contributed by atoms with E-state index in [2.05, 4.69) is 24.3 Å². The van der Waals surface area contributed by atoms with Gasteiger partial charge in [0.1, 0.15) is 6.10 Å². The zero-order chi connectivity index (χ0) is 30.9. The van der Waals surface area contributed by atoms with Gasteiger partial charge in [0, 0.05) is 18.7 Å². The van der Waals surface area contributed by atoms with Crippen molar-refractivity contribution in [1.82, 2.24) is 9.80 Å². The third-order valence-corrected chi connectivity index (χ3v) is 8.85. The van der Waals surface area contributed by atoms with E-state index in [1.165, 1.54) is 17.7 Å². The van der Waals surface area contributed by atoms with E-state index in [0.717, 1.165) is 79.7 Å². The molecule has 0 radical (unpaired) electrons. The first-order valence-electron chi connectivity index (χ1n) is 15.9. The van der Waals surface area contributed by atoms with Crippen LogP contribution in [0.3, 0.4) is 0 Å². The topological polar surface area (TPSA) is 79.0 Å². The van der Waals surface area contributed by atoms with E-state index in [9.17, 15) is 14.4 Å². The Morgan fingerprint density at radius 1 is 0.750 bits per heavy atom. The number of hydrogen-bond donors (Lipinski definition) is 1. The number of carbonyl (C=O) groups excluding carboxylic acids is 3. The highest BCUT2D eigenvalue weighted by Crippen LogP contribution is 2.28. The van der Waals surface area contributed by atoms with E-state index in [-0.39, 0.29) is 17.9 Å². The number of carbonyl (C=O) groups is 3. The zero-order valence-electron chi connectivity index (χ0n) is 26.0. The summed E-state index contributed by atoms with van der Waals surface area (Å²) < 4.78 is 6.57. The minimum atomic E-state index is -0.392. The number of hydrogen-bond acceptors (Lipinski definition) is 5. The van der Waals surface area contributed by atoms with Crippen LogP contribution in [-0.4, -0.2) is 91.7 Å². The van der Waals surface area contributed by atoms with Crippen molar-refractivity contribution in [3.63, 3.8) is 0 Å². The van der Waals surface area contributed by atoms with E-state index < -0.39 is 6.09 Å². The predicted octanol–water partition coefficient (Wildman–Crippen LogP) is 6.30. The standard InChI is InChI=1S/C36H44N4O4/c1-40(2,27-25-39-34(41)31-17-8-9-18-32(31)35(39)42)26-13-4-3-12-22-38-23-20-29(21-24-38)44-36(43)37-33-19-11-10-16-30(33)28-14-6-5-7-15-28/h5-11,14-19,29H,3-4,12-13,20-27H2,1-2H3/p+1. The van der Waals surface area contributed by atoms with Crippen molar-refractivity contribution >= 4 is 23.6 Å². The number of fused-ring (bicyclic) bond motifs is 1. The second-order valence-corrected chi connectivity index (χ2v) is 12.6. The van der Waals surface area contributed by atoms with Gasteiger partial charge in [-0.15, -0.1) is 0 Å². The number of ether oxygens (including phenoxy) is 1. The molecule has 1 saturated heterocycles. The molecular formula is C36H45N4O4+. The molecule has 0 atom stereocenters. The molecule has 8 nitrogen and oxygen atoms in total. The molecule has 0 bridgehead atoms. The van der Waals surface area contributed by atoms with Gasteiger partial charge in [-0.3, -0.25) is 19.8 Å². The van der Waals surface area contributed by atoms with Crippen LogP contribution < -0.4 is 5.32 Å². The molecule has 3 aromatic rings. The quantitative estimate of drug-likeness (QED) is 0.142. The average molecular weight is 598 g/mol. The maximum absolute atomic E-state index is 12.7. The molecule has 1 fully saturated rings. The Morgan fingerprint density at radius 3 is 2.02 bits per heavy atom. The molecule has 232 valence electrons. The number of imide groups is 1. The van der Waals surface area contributed by atoms with Crippen molar-refractivity contribution in [1.29, 1.82) is 0 Å². The number of nitrogens with zero attached hydrogens (tertiary/aromatic N) is 3. The molecular weight excluding hydrogens is 552 g/mol. The first-order chi connectivity index (χ1) is 21.3. The average Bonchev–Trinajstić information content (AvgIpc) is 3.28. The normalized spacial score (nSPS) is 15.8. The number of benzene rings is 3. The summed E-state index contributed by atoms with van der Waals surface area (Å²) in [5.74, 6) is -0.344. The molecule has 8 heteroatoms. The van der Waals surface area contributed by atoms with Crippen LogP contribution >= 0.6 is 0 Å². The number of rotatable bonds is 13. The van der Waals surface area contributed by atoms with Crippen LogP contribution in [0.4, 0.5) is 10.5 Å². The molecule has 3 amide bonds. The SMILES string of the molecule is C[N+](C)(CCCCCCN1CCC(OC(=O)Nc2ccccc2-c2ccccc2)CC1)CCN1C(=O)c2ccccc2C1=O. The van der Waals surface area contributed by atoms with E-state index >= 15 is 0 Å². The van der Waals surface area contributed by atoms with Gasteiger partial charge in [0.15, 0.2) is 0 Å². The molecule has 0 spiro atoms. The largest absolute Gasteiger partial charge is 0.446 e. The number of likely N-dealkylation sites (tertiary alicyclic amines) is 1. The first kappa shape index (κ1) is 31.4. The lowest BCUT2D eigenvalue weighted by Gasteiger charge is -2.32. The van der Waals surface area contributed by atoms with Crippen molar-refractivity contribution in [2.45, 2.75) is 44.6 Å². The summed E-state index contributed by atoms with van der Waals surface area (Å²) in [6.07, 6.45) is 5.88. The van der Waals surface area contributed by atoms with Crippen LogP contribution in [0.15, 0.2) is 78.9 Å². The highest BCUT2D eigenvalue weighted by Gasteiger charge is 2.36. The molecule has 2 aliphatic heterocycles. The first-order valence-corrected chi connectivity index (χ1v) is 15.9. The molecule has 1 N–H and O–H groups in total. The number of anilines is 1. The molecule has 44 heavy (non-hydrogen) atoms.